The highest BCUT2D eigenvalue weighted by Gasteiger charge is 2.18. The molecule has 0 spiro atoms. The van der Waals surface area contributed by atoms with Crippen molar-refractivity contribution in [3.05, 3.63) is 23.8 Å². The molecule has 6 heteroatoms. The monoisotopic (exact) mass is 232 g/mol. The average molecular weight is 232 g/mol. The van der Waals surface area contributed by atoms with Crippen LogP contribution >= 0.6 is 0 Å². The number of benzene rings is 1. The van der Waals surface area contributed by atoms with Crippen LogP contribution in [0.15, 0.2) is 18.2 Å². The van der Waals surface area contributed by atoms with Crippen molar-refractivity contribution >= 4 is 0 Å². The Hall–Kier alpha value is -1.40. The van der Waals surface area contributed by atoms with Crippen LogP contribution in [0.4, 0.5) is 8.78 Å². The first-order valence-electron chi connectivity index (χ1n) is 4.67. The minimum atomic E-state index is -2.93. The molecule has 1 aromatic rings. The second-order valence-corrected chi connectivity index (χ2v) is 3.10. The minimum Gasteiger partial charge on any atom is -0.493 e. The third-order valence-electron chi connectivity index (χ3n) is 2.09. The highest BCUT2D eigenvalue weighted by Crippen LogP contribution is 2.34. The summed E-state index contributed by atoms with van der Waals surface area (Å²) in [6.07, 6.45) is 0. The van der Waals surface area contributed by atoms with E-state index in [1.807, 2.05) is 0 Å². The molecule has 0 aliphatic rings. The van der Waals surface area contributed by atoms with Gasteiger partial charge in [-0.15, -0.1) is 0 Å². The van der Waals surface area contributed by atoms with E-state index in [-0.39, 0.29) is 18.0 Å². The van der Waals surface area contributed by atoms with E-state index in [1.54, 1.807) is 12.1 Å². The molecule has 0 aliphatic heterocycles. The maximum atomic E-state index is 12.2. The van der Waals surface area contributed by atoms with E-state index in [4.69, 9.17) is 16.2 Å². The van der Waals surface area contributed by atoms with E-state index in [0.29, 0.717) is 5.56 Å². The normalized spacial score (nSPS) is 12.6. The summed E-state index contributed by atoms with van der Waals surface area (Å²) in [6, 6.07) is 4.17. The maximum absolute atomic E-state index is 12.2. The topological polar surface area (TPSA) is 70.5 Å². The van der Waals surface area contributed by atoms with Gasteiger partial charge in [-0.3, -0.25) is 0 Å². The molecule has 0 unspecified atom stereocenters. The van der Waals surface area contributed by atoms with Crippen molar-refractivity contribution in [1.29, 1.82) is 0 Å². The summed E-state index contributed by atoms with van der Waals surface area (Å²) in [4.78, 5) is 0. The molecule has 0 saturated heterocycles. The zero-order valence-corrected chi connectivity index (χ0v) is 8.82. The molecule has 0 amide bonds. The third kappa shape index (κ3) is 2.80. The second-order valence-electron chi connectivity index (χ2n) is 3.10. The molecular formula is C10H14F2N2O2. The summed E-state index contributed by atoms with van der Waals surface area (Å²) < 4.78 is 33.8. The molecule has 16 heavy (non-hydrogen) atoms. The van der Waals surface area contributed by atoms with Crippen molar-refractivity contribution in [2.24, 2.45) is 11.5 Å². The Morgan fingerprint density at radius 2 is 2.06 bits per heavy atom. The quantitative estimate of drug-likeness (QED) is 0.801. The number of alkyl halides is 2. The van der Waals surface area contributed by atoms with Crippen LogP contribution < -0.4 is 20.9 Å². The van der Waals surface area contributed by atoms with Crippen LogP contribution in [-0.2, 0) is 0 Å². The zero-order chi connectivity index (χ0) is 12.1. The molecule has 0 saturated carbocycles. The lowest BCUT2D eigenvalue weighted by molar-refractivity contribution is -0.0519. The van der Waals surface area contributed by atoms with Crippen molar-refractivity contribution in [3.63, 3.8) is 0 Å². The standard InChI is InChI=1S/C10H14F2N2O2/c1-15-8-4-2-3-6(7(14)5-13)9(8)16-10(11)12/h2-4,7,10H,5,13-14H2,1H3/t7-/m1/s1. The van der Waals surface area contributed by atoms with Crippen molar-refractivity contribution in [1.82, 2.24) is 0 Å². The van der Waals surface area contributed by atoms with Gasteiger partial charge in [-0.05, 0) is 6.07 Å². The van der Waals surface area contributed by atoms with Gasteiger partial charge >= 0.3 is 6.61 Å². The van der Waals surface area contributed by atoms with E-state index in [0.717, 1.165) is 0 Å². The first kappa shape index (κ1) is 12.7. The first-order chi connectivity index (χ1) is 7.60. The zero-order valence-electron chi connectivity index (χ0n) is 8.82. The van der Waals surface area contributed by atoms with Gasteiger partial charge < -0.3 is 20.9 Å². The SMILES string of the molecule is COc1cccc([C@H](N)CN)c1OC(F)F. The third-order valence-corrected chi connectivity index (χ3v) is 2.09. The Labute approximate surface area is 92.1 Å². The lowest BCUT2D eigenvalue weighted by Crippen LogP contribution is -2.22. The van der Waals surface area contributed by atoms with Crippen LogP contribution in [0, 0.1) is 0 Å². The lowest BCUT2D eigenvalue weighted by Gasteiger charge is -2.17. The smallest absolute Gasteiger partial charge is 0.387 e. The summed E-state index contributed by atoms with van der Waals surface area (Å²) >= 11 is 0. The van der Waals surface area contributed by atoms with E-state index in [2.05, 4.69) is 4.74 Å². The number of para-hydroxylation sites is 1. The number of hydrogen-bond donors (Lipinski definition) is 2. The van der Waals surface area contributed by atoms with Gasteiger partial charge in [0.25, 0.3) is 0 Å². The Balaban J connectivity index is 3.14. The van der Waals surface area contributed by atoms with Gasteiger partial charge in [-0.25, -0.2) is 0 Å². The number of ether oxygens (including phenoxy) is 2. The van der Waals surface area contributed by atoms with Crippen LogP contribution in [0.1, 0.15) is 11.6 Å². The first-order valence-corrected chi connectivity index (χ1v) is 4.67. The van der Waals surface area contributed by atoms with Crippen LogP contribution in [0.3, 0.4) is 0 Å². The molecule has 0 heterocycles. The molecule has 0 radical (unpaired) electrons. The summed E-state index contributed by atoms with van der Waals surface area (Å²) in [5.41, 5.74) is 11.5. The molecule has 0 bridgehead atoms. The van der Waals surface area contributed by atoms with Crippen LogP contribution in [0.25, 0.3) is 0 Å². The summed E-state index contributed by atoms with van der Waals surface area (Å²) in [5.74, 6) is 0.152. The molecule has 1 atom stereocenters. The molecule has 4 nitrogen and oxygen atoms in total. The Bertz CT molecular complexity index is 348. The molecule has 0 aromatic heterocycles. The largest absolute Gasteiger partial charge is 0.493 e. The van der Waals surface area contributed by atoms with Gasteiger partial charge in [0.1, 0.15) is 0 Å². The highest BCUT2D eigenvalue weighted by atomic mass is 19.3. The van der Waals surface area contributed by atoms with Gasteiger partial charge in [-0.1, -0.05) is 12.1 Å². The molecule has 1 aromatic carbocycles. The van der Waals surface area contributed by atoms with Gasteiger partial charge in [0.15, 0.2) is 11.5 Å². The number of nitrogens with two attached hydrogens (primary N) is 2. The van der Waals surface area contributed by atoms with E-state index in [9.17, 15) is 8.78 Å². The van der Waals surface area contributed by atoms with Crippen LogP contribution in [0.5, 0.6) is 11.5 Å². The van der Waals surface area contributed by atoms with Gasteiger partial charge in [-0.2, -0.15) is 8.78 Å². The highest BCUT2D eigenvalue weighted by molar-refractivity contribution is 5.48. The second kappa shape index (κ2) is 5.62. The van der Waals surface area contributed by atoms with Crippen LogP contribution in [-0.4, -0.2) is 20.3 Å². The van der Waals surface area contributed by atoms with E-state index >= 15 is 0 Å². The molecular weight excluding hydrogens is 218 g/mol. The number of methoxy groups -OCH3 is 1. The Morgan fingerprint density at radius 1 is 1.38 bits per heavy atom. The molecule has 0 aliphatic carbocycles. The van der Waals surface area contributed by atoms with Crippen molar-refractivity contribution in [2.75, 3.05) is 13.7 Å². The fourth-order valence-electron chi connectivity index (χ4n) is 1.33. The maximum Gasteiger partial charge on any atom is 0.387 e. The van der Waals surface area contributed by atoms with Crippen molar-refractivity contribution < 1.29 is 18.3 Å². The van der Waals surface area contributed by atoms with E-state index < -0.39 is 12.7 Å². The Kier molecular flexibility index (Phi) is 4.45. The summed E-state index contributed by atoms with van der Waals surface area (Å²) in [7, 11) is 1.37. The summed E-state index contributed by atoms with van der Waals surface area (Å²) in [5, 5.41) is 0. The van der Waals surface area contributed by atoms with Gasteiger partial charge in [0.2, 0.25) is 0 Å². The number of hydrogen-bond acceptors (Lipinski definition) is 4. The summed E-state index contributed by atoms with van der Waals surface area (Å²) in [6.45, 7) is -2.80. The molecule has 90 valence electrons. The Morgan fingerprint density at radius 3 is 2.56 bits per heavy atom. The molecule has 1 rings (SSSR count). The molecule has 4 N–H and O–H groups in total. The predicted octanol–water partition coefficient (Wildman–Crippen LogP) is 1.26. The minimum absolute atomic E-state index is 0.0575. The average Bonchev–Trinajstić information content (AvgIpc) is 2.27. The predicted molar refractivity (Wildman–Crippen MR) is 55.6 cm³/mol. The van der Waals surface area contributed by atoms with Gasteiger partial charge in [0.05, 0.1) is 7.11 Å². The van der Waals surface area contributed by atoms with Crippen LogP contribution in [0.2, 0.25) is 0 Å². The van der Waals surface area contributed by atoms with Gasteiger partial charge in [0, 0.05) is 18.2 Å². The fraction of sp³-hybridized carbons (Fsp3) is 0.400. The fourth-order valence-corrected chi connectivity index (χ4v) is 1.33. The van der Waals surface area contributed by atoms with Crippen molar-refractivity contribution in [2.45, 2.75) is 12.7 Å². The number of rotatable bonds is 5. The lowest BCUT2D eigenvalue weighted by atomic mass is 10.1. The van der Waals surface area contributed by atoms with Crippen molar-refractivity contribution in [3.8, 4) is 11.5 Å². The molecule has 0 fully saturated rings. The van der Waals surface area contributed by atoms with E-state index in [1.165, 1.54) is 13.2 Å². The number of halogens is 2.